The molecular formula is C17H18N4O4. The molecule has 0 saturated heterocycles. The molecule has 4 N–H and O–H groups in total. The van der Waals surface area contributed by atoms with Gasteiger partial charge in [-0.25, -0.2) is 0 Å². The summed E-state index contributed by atoms with van der Waals surface area (Å²) in [5.74, 6) is -0.757. The lowest BCUT2D eigenvalue weighted by Crippen LogP contribution is -2.31. The predicted octanol–water partition coefficient (Wildman–Crippen LogP) is 1.55. The van der Waals surface area contributed by atoms with E-state index in [2.05, 4.69) is 10.3 Å². The van der Waals surface area contributed by atoms with Crippen molar-refractivity contribution in [3.05, 3.63) is 73.2 Å². The Morgan fingerprint density at radius 2 is 2.20 bits per heavy atom. The number of hydrogen-bond acceptors (Lipinski definition) is 5. The van der Waals surface area contributed by atoms with Crippen molar-refractivity contribution in [3.8, 4) is 0 Å². The molecule has 2 aromatic rings. The van der Waals surface area contributed by atoms with E-state index >= 15 is 0 Å². The number of aryl methyl sites for hydroxylation is 1. The number of aromatic amines is 1. The van der Waals surface area contributed by atoms with E-state index < -0.39 is 16.4 Å². The minimum absolute atomic E-state index is 0.0451. The number of aromatic nitrogens is 1. The summed E-state index contributed by atoms with van der Waals surface area (Å²) in [7, 11) is 0. The first-order valence-electron chi connectivity index (χ1n) is 7.98. The van der Waals surface area contributed by atoms with Gasteiger partial charge in [-0.3, -0.25) is 19.7 Å². The molecule has 25 heavy (non-hydrogen) atoms. The lowest BCUT2D eigenvalue weighted by atomic mass is 9.90. The summed E-state index contributed by atoms with van der Waals surface area (Å²) < 4.78 is 0. The summed E-state index contributed by atoms with van der Waals surface area (Å²) >= 11 is 0. The second kappa shape index (κ2) is 6.86. The van der Waals surface area contributed by atoms with E-state index in [9.17, 15) is 19.7 Å². The number of carbonyl (C=O) groups excluding carboxylic acids is 1. The van der Waals surface area contributed by atoms with E-state index in [0.717, 1.165) is 36.1 Å². The number of nitro groups is 1. The average molecular weight is 342 g/mol. The Bertz CT molecular complexity index is 890. The number of nitrogens with one attached hydrogen (secondary N) is 2. The SMILES string of the molecule is NC(=O)c1cc2c([nH]c1=O)CCCC2NCc1cccc([N+](=O)[O-])c1. The molecule has 0 aliphatic heterocycles. The highest BCUT2D eigenvalue weighted by Crippen LogP contribution is 2.28. The highest BCUT2D eigenvalue weighted by atomic mass is 16.6. The lowest BCUT2D eigenvalue weighted by molar-refractivity contribution is -0.384. The maximum atomic E-state index is 11.9. The molecule has 1 unspecified atom stereocenters. The molecule has 1 aliphatic carbocycles. The minimum atomic E-state index is -0.757. The number of nitrogens with two attached hydrogens (primary N) is 1. The topological polar surface area (TPSA) is 131 Å². The third-order valence-corrected chi connectivity index (χ3v) is 4.39. The lowest BCUT2D eigenvalue weighted by Gasteiger charge is -2.26. The Labute approximate surface area is 143 Å². The number of hydrogen-bond donors (Lipinski definition) is 3. The number of non-ortho nitro benzene ring substituents is 1. The number of carbonyl (C=O) groups is 1. The van der Waals surface area contributed by atoms with E-state index in [1.165, 1.54) is 12.1 Å². The van der Waals surface area contributed by atoms with Crippen LogP contribution in [-0.4, -0.2) is 15.8 Å². The Hall–Kier alpha value is -3.00. The van der Waals surface area contributed by atoms with Gasteiger partial charge in [-0.2, -0.15) is 0 Å². The van der Waals surface area contributed by atoms with Crippen molar-refractivity contribution < 1.29 is 9.72 Å². The molecule has 130 valence electrons. The molecule has 1 aromatic heterocycles. The smallest absolute Gasteiger partial charge is 0.269 e. The minimum Gasteiger partial charge on any atom is -0.365 e. The van der Waals surface area contributed by atoms with Crippen molar-refractivity contribution in [1.29, 1.82) is 0 Å². The number of pyridine rings is 1. The molecule has 8 heteroatoms. The summed E-state index contributed by atoms with van der Waals surface area (Å²) in [6, 6.07) is 7.93. The van der Waals surface area contributed by atoms with Gasteiger partial charge in [0.15, 0.2) is 0 Å². The number of primary amides is 1. The van der Waals surface area contributed by atoms with Gasteiger partial charge < -0.3 is 16.0 Å². The molecule has 1 aliphatic rings. The highest BCUT2D eigenvalue weighted by molar-refractivity contribution is 5.92. The van der Waals surface area contributed by atoms with Crippen LogP contribution in [0.1, 0.15) is 46.1 Å². The first-order chi connectivity index (χ1) is 12.0. The van der Waals surface area contributed by atoms with Crippen LogP contribution >= 0.6 is 0 Å². The molecule has 0 bridgehead atoms. The van der Waals surface area contributed by atoms with Gasteiger partial charge in [0.1, 0.15) is 5.56 Å². The summed E-state index contributed by atoms with van der Waals surface area (Å²) in [6.07, 6.45) is 2.47. The zero-order chi connectivity index (χ0) is 18.0. The van der Waals surface area contributed by atoms with Crippen LogP contribution in [0.5, 0.6) is 0 Å². The first-order valence-corrected chi connectivity index (χ1v) is 7.98. The Morgan fingerprint density at radius 3 is 2.92 bits per heavy atom. The van der Waals surface area contributed by atoms with Gasteiger partial charge in [0.25, 0.3) is 17.2 Å². The van der Waals surface area contributed by atoms with Crippen LogP contribution in [0.3, 0.4) is 0 Å². The van der Waals surface area contributed by atoms with Gasteiger partial charge in [0, 0.05) is 30.4 Å². The van der Waals surface area contributed by atoms with Gasteiger partial charge in [-0.1, -0.05) is 12.1 Å². The fraction of sp³-hybridized carbons (Fsp3) is 0.294. The average Bonchev–Trinajstić information content (AvgIpc) is 2.59. The molecular weight excluding hydrogens is 324 g/mol. The van der Waals surface area contributed by atoms with Gasteiger partial charge in [-0.15, -0.1) is 0 Å². The molecule has 0 radical (unpaired) electrons. The van der Waals surface area contributed by atoms with E-state index in [0.29, 0.717) is 6.54 Å². The van der Waals surface area contributed by atoms with Crippen LogP contribution in [0.2, 0.25) is 0 Å². The zero-order valence-electron chi connectivity index (χ0n) is 13.5. The van der Waals surface area contributed by atoms with Crippen molar-refractivity contribution in [3.63, 3.8) is 0 Å². The number of nitrogens with zero attached hydrogens (tertiary/aromatic N) is 1. The second-order valence-electron chi connectivity index (χ2n) is 6.06. The fourth-order valence-corrected chi connectivity index (χ4v) is 3.16. The third kappa shape index (κ3) is 3.58. The van der Waals surface area contributed by atoms with Crippen LogP contribution in [0.4, 0.5) is 5.69 Å². The van der Waals surface area contributed by atoms with Crippen LogP contribution in [0.15, 0.2) is 35.1 Å². The standard InChI is InChI=1S/C17H18N4O4/c18-16(22)13-8-12-14(5-2-6-15(12)20-17(13)23)19-9-10-3-1-4-11(7-10)21(24)25/h1,3-4,7-8,14,19H,2,5-6,9H2,(H2,18,22)(H,20,23). The zero-order valence-corrected chi connectivity index (χ0v) is 13.5. The number of nitro benzene ring substituents is 1. The van der Waals surface area contributed by atoms with Crippen LogP contribution in [-0.2, 0) is 13.0 Å². The Kier molecular flexibility index (Phi) is 4.62. The van der Waals surface area contributed by atoms with Crippen molar-refractivity contribution in [2.45, 2.75) is 31.8 Å². The van der Waals surface area contributed by atoms with Gasteiger partial charge in [0.05, 0.1) is 4.92 Å². The molecule has 8 nitrogen and oxygen atoms in total. The number of fused-ring (bicyclic) bond motifs is 1. The van der Waals surface area contributed by atoms with Crippen LogP contribution in [0.25, 0.3) is 0 Å². The van der Waals surface area contributed by atoms with Crippen molar-refractivity contribution in [2.75, 3.05) is 0 Å². The quantitative estimate of drug-likeness (QED) is 0.560. The molecule has 1 amide bonds. The number of H-pyrrole nitrogens is 1. The maximum absolute atomic E-state index is 11.9. The highest BCUT2D eigenvalue weighted by Gasteiger charge is 2.23. The predicted molar refractivity (Wildman–Crippen MR) is 91.2 cm³/mol. The van der Waals surface area contributed by atoms with E-state index in [1.54, 1.807) is 12.1 Å². The molecule has 1 aromatic carbocycles. The molecule has 3 rings (SSSR count). The summed E-state index contributed by atoms with van der Waals surface area (Å²) in [4.78, 5) is 36.5. The van der Waals surface area contributed by atoms with Crippen molar-refractivity contribution >= 4 is 11.6 Å². The molecule has 1 heterocycles. The van der Waals surface area contributed by atoms with E-state index in [1.807, 2.05) is 6.07 Å². The molecule has 0 spiro atoms. The van der Waals surface area contributed by atoms with E-state index in [4.69, 9.17) is 5.73 Å². The molecule has 0 saturated carbocycles. The monoisotopic (exact) mass is 342 g/mol. The Balaban J connectivity index is 1.82. The Morgan fingerprint density at radius 1 is 1.40 bits per heavy atom. The van der Waals surface area contributed by atoms with Crippen LogP contribution in [0, 0.1) is 10.1 Å². The largest absolute Gasteiger partial charge is 0.365 e. The first kappa shape index (κ1) is 16.8. The summed E-state index contributed by atoms with van der Waals surface area (Å²) in [5, 5.41) is 14.2. The van der Waals surface area contributed by atoms with Gasteiger partial charge in [-0.05, 0) is 36.5 Å². The second-order valence-corrected chi connectivity index (χ2v) is 6.06. The van der Waals surface area contributed by atoms with Crippen molar-refractivity contribution in [1.82, 2.24) is 10.3 Å². The molecule has 1 atom stereocenters. The third-order valence-electron chi connectivity index (χ3n) is 4.39. The summed E-state index contributed by atoms with van der Waals surface area (Å²) in [6.45, 7) is 0.441. The van der Waals surface area contributed by atoms with Crippen molar-refractivity contribution in [2.24, 2.45) is 5.73 Å². The fourth-order valence-electron chi connectivity index (χ4n) is 3.16. The number of benzene rings is 1. The van der Waals surface area contributed by atoms with Crippen LogP contribution < -0.4 is 16.6 Å². The number of amides is 1. The maximum Gasteiger partial charge on any atom is 0.269 e. The summed E-state index contributed by atoms with van der Waals surface area (Å²) in [5.41, 5.74) is 7.23. The molecule has 0 fully saturated rings. The normalized spacial score (nSPS) is 16.2. The number of rotatable bonds is 5. The van der Waals surface area contributed by atoms with E-state index in [-0.39, 0.29) is 17.3 Å². The van der Waals surface area contributed by atoms with Gasteiger partial charge >= 0.3 is 0 Å². The van der Waals surface area contributed by atoms with Gasteiger partial charge in [0.2, 0.25) is 0 Å².